The Morgan fingerprint density at radius 2 is 2.00 bits per heavy atom. The number of thiophene rings is 1. The number of aryl methyl sites for hydroxylation is 2. The molecule has 29 heavy (non-hydrogen) atoms. The second kappa shape index (κ2) is 8.01. The number of benzene rings is 1. The van der Waals surface area contributed by atoms with Crippen LogP contribution in [0, 0.1) is 13.8 Å². The highest BCUT2D eigenvalue weighted by molar-refractivity contribution is 7.10. The molecule has 6 heteroatoms. The van der Waals surface area contributed by atoms with Gasteiger partial charge in [0.1, 0.15) is 0 Å². The van der Waals surface area contributed by atoms with Crippen molar-refractivity contribution in [2.75, 3.05) is 0 Å². The van der Waals surface area contributed by atoms with Gasteiger partial charge in [-0.3, -0.25) is 4.79 Å². The van der Waals surface area contributed by atoms with Crippen molar-refractivity contribution < 1.29 is 0 Å². The summed E-state index contributed by atoms with van der Waals surface area (Å²) in [4.78, 5) is 18.6. The van der Waals surface area contributed by atoms with Crippen LogP contribution in [0.25, 0.3) is 5.69 Å². The maximum atomic E-state index is 13.1. The van der Waals surface area contributed by atoms with Gasteiger partial charge in [-0.1, -0.05) is 29.8 Å². The van der Waals surface area contributed by atoms with E-state index in [9.17, 15) is 4.79 Å². The minimum atomic E-state index is -0.0476. The molecule has 148 valence electrons. The Labute approximate surface area is 179 Å². The van der Waals surface area contributed by atoms with Crippen LogP contribution in [0.5, 0.6) is 0 Å². The lowest BCUT2D eigenvalue weighted by Gasteiger charge is -2.16. The minimum absolute atomic E-state index is 0.00210. The fourth-order valence-corrected chi connectivity index (χ4v) is 4.61. The number of imidazole rings is 1. The summed E-state index contributed by atoms with van der Waals surface area (Å²) in [5, 5.41) is 2.60. The minimum Gasteiger partial charge on any atom is -0.306 e. The fraction of sp³-hybridized carbons (Fsp3) is 0.217. The van der Waals surface area contributed by atoms with Gasteiger partial charge in [0.2, 0.25) is 0 Å². The Kier molecular flexibility index (Phi) is 5.43. The van der Waals surface area contributed by atoms with Crippen LogP contribution in [0.2, 0.25) is 5.02 Å². The van der Waals surface area contributed by atoms with E-state index in [0.717, 1.165) is 27.4 Å². The van der Waals surface area contributed by atoms with Crippen molar-refractivity contribution in [3.8, 4) is 5.69 Å². The molecule has 3 aromatic heterocycles. The highest BCUT2D eigenvalue weighted by atomic mass is 35.5. The van der Waals surface area contributed by atoms with Crippen molar-refractivity contribution in [2.24, 2.45) is 0 Å². The maximum Gasteiger partial charge on any atom is 0.254 e. The van der Waals surface area contributed by atoms with Gasteiger partial charge in [0.25, 0.3) is 5.56 Å². The topological polar surface area (TPSA) is 39.8 Å². The van der Waals surface area contributed by atoms with Gasteiger partial charge in [0.05, 0.1) is 23.1 Å². The first-order valence-electron chi connectivity index (χ1n) is 9.47. The quantitative estimate of drug-likeness (QED) is 0.421. The molecule has 4 aromatic rings. The molecule has 1 atom stereocenters. The molecule has 0 amide bonds. The van der Waals surface area contributed by atoms with E-state index in [4.69, 9.17) is 11.6 Å². The van der Waals surface area contributed by atoms with Gasteiger partial charge >= 0.3 is 0 Å². The van der Waals surface area contributed by atoms with Gasteiger partial charge in [-0.05, 0) is 55.5 Å². The van der Waals surface area contributed by atoms with Crippen LogP contribution in [0.15, 0.2) is 65.3 Å². The predicted molar refractivity (Wildman–Crippen MR) is 120 cm³/mol. The first-order valence-corrected chi connectivity index (χ1v) is 10.7. The van der Waals surface area contributed by atoms with E-state index in [0.29, 0.717) is 17.0 Å². The third-order valence-electron chi connectivity index (χ3n) is 5.10. The molecule has 0 unspecified atom stereocenters. The van der Waals surface area contributed by atoms with Crippen LogP contribution in [0.3, 0.4) is 0 Å². The highest BCUT2D eigenvalue weighted by Crippen LogP contribution is 2.24. The number of hydrogen-bond acceptors (Lipinski definition) is 3. The van der Waals surface area contributed by atoms with Crippen molar-refractivity contribution in [3.05, 3.63) is 103 Å². The number of halogens is 1. The second-order valence-electron chi connectivity index (χ2n) is 7.31. The van der Waals surface area contributed by atoms with E-state index in [1.54, 1.807) is 28.2 Å². The summed E-state index contributed by atoms with van der Waals surface area (Å²) in [5.41, 5.74) is 4.98. The van der Waals surface area contributed by atoms with Gasteiger partial charge < -0.3 is 9.13 Å². The maximum absolute atomic E-state index is 13.1. The molecule has 0 fully saturated rings. The number of hydrogen-bond donors (Lipinski definition) is 0. The zero-order valence-corrected chi connectivity index (χ0v) is 18.2. The van der Waals surface area contributed by atoms with Crippen molar-refractivity contribution in [1.82, 2.24) is 14.1 Å². The predicted octanol–water partition coefficient (Wildman–Crippen LogP) is 5.57. The van der Waals surface area contributed by atoms with Crippen LogP contribution in [0.4, 0.5) is 0 Å². The summed E-state index contributed by atoms with van der Waals surface area (Å²) < 4.78 is 3.75. The molecule has 0 saturated heterocycles. The van der Waals surface area contributed by atoms with Crippen molar-refractivity contribution >= 4 is 22.9 Å². The lowest BCUT2D eigenvalue weighted by atomic mass is 10.0. The second-order valence-corrected chi connectivity index (χ2v) is 8.72. The lowest BCUT2D eigenvalue weighted by molar-refractivity contribution is 0.619. The number of pyridine rings is 1. The van der Waals surface area contributed by atoms with Crippen molar-refractivity contribution in [1.29, 1.82) is 0 Å². The van der Waals surface area contributed by atoms with Gasteiger partial charge in [-0.25, -0.2) is 4.98 Å². The Hall–Kier alpha value is -2.63. The van der Waals surface area contributed by atoms with Gasteiger partial charge in [0, 0.05) is 34.9 Å². The fourth-order valence-electron chi connectivity index (χ4n) is 3.59. The zero-order chi connectivity index (χ0) is 20.5. The average molecular weight is 424 g/mol. The zero-order valence-electron chi connectivity index (χ0n) is 16.6. The largest absolute Gasteiger partial charge is 0.306 e. The van der Waals surface area contributed by atoms with Crippen LogP contribution in [0.1, 0.15) is 40.2 Å². The van der Waals surface area contributed by atoms with Gasteiger partial charge in [0.15, 0.2) is 0 Å². The van der Waals surface area contributed by atoms with E-state index in [1.807, 2.05) is 48.5 Å². The number of rotatable bonds is 5. The van der Waals surface area contributed by atoms with Crippen molar-refractivity contribution in [2.45, 2.75) is 33.2 Å². The first-order chi connectivity index (χ1) is 13.9. The summed E-state index contributed by atoms with van der Waals surface area (Å²) in [5.74, 6) is 0. The molecular formula is C23H22ClN3OS. The number of nitrogens with zero attached hydrogens (tertiary/aromatic N) is 3. The summed E-state index contributed by atoms with van der Waals surface area (Å²) in [7, 11) is 0. The van der Waals surface area contributed by atoms with Crippen LogP contribution >= 0.6 is 22.9 Å². The molecule has 0 bridgehead atoms. The molecule has 0 radical (unpaired) electrons. The van der Waals surface area contributed by atoms with E-state index in [-0.39, 0.29) is 11.6 Å². The van der Waals surface area contributed by atoms with Gasteiger partial charge in [-0.15, -0.1) is 11.3 Å². The molecule has 0 aliphatic heterocycles. The van der Waals surface area contributed by atoms with Crippen molar-refractivity contribution in [3.63, 3.8) is 0 Å². The molecule has 4 rings (SSSR count). The molecule has 0 aliphatic carbocycles. The molecular weight excluding hydrogens is 402 g/mol. The SMILES string of the molecule is Cc1cn(-c2ccc(Cc3cc(Cl)cn([C@@H](C)c4cccs4)c3=O)cc2C)cn1. The van der Waals surface area contributed by atoms with E-state index < -0.39 is 0 Å². The summed E-state index contributed by atoms with van der Waals surface area (Å²) >= 11 is 8.01. The lowest BCUT2D eigenvalue weighted by Crippen LogP contribution is -2.26. The van der Waals surface area contributed by atoms with Crippen LogP contribution < -0.4 is 5.56 Å². The van der Waals surface area contributed by atoms with E-state index in [1.165, 1.54) is 0 Å². The first kappa shape index (κ1) is 19.7. The Bertz CT molecular complexity index is 1210. The summed E-state index contributed by atoms with van der Waals surface area (Å²) in [6.07, 6.45) is 6.09. The number of aromatic nitrogens is 3. The standard InChI is InChI=1S/C23H22ClN3OS/c1-15-9-18(6-7-21(15)26-12-16(2)25-14-26)10-19-11-20(24)13-27(23(19)28)17(3)22-5-4-8-29-22/h4-9,11-14,17H,10H2,1-3H3/t17-/m0/s1. The highest BCUT2D eigenvalue weighted by Gasteiger charge is 2.15. The average Bonchev–Trinajstić information content (AvgIpc) is 3.36. The molecule has 0 N–H and O–H groups in total. The molecule has 1 aromatic carbocycles. The Morgan fingerprint density at radius 3 is 2.66 bits per heavy atom. The Morgan fingerprint density at radius 1 is 1.17 bits per heavy atom. The van der Waals surface area contributed by atoms with E-state index in [2.05, 4.69) is 30.1 Å². The Balaban J connectivity index is 1.66. The smallest absolute Gasteiger partial charge is 0.254 e. The summed E-state index contributed by atoms with van der Waals surface area (Å²) in [6.45, 7) is 6.07. The third kappa shape index (κ3) is 4.07. The van der Waals surface area contributed by atoms with Crippen LogP contribution in [-0.4, -0.2) is 14.1 Å². The normalized spacial score (nSPS) is 12.3. The van der Waals surface area contributed by atoms with Crippen LogP contribution in [-0.2, 0) is 6.42 Å². The van der Waals surface area contributed by atoms with Gasteiger partial charge in [-0.2, -0.15) is 0 Å². The molecule has 0 aliphatic rings. The summed E-state index contributed by atoms with van der Waals surface area (Å²) in [6, 6.07) is 12.0. The molecule has 4 nitrogen and oxygen atoms in total. The molecule has 0 saturated carbocycles. The monoisotopic (exact) mass is 423 g/mol. The molecule has 3 heterocycles. The van der Waals surface area contributed by atoms with E-state index >= 15 is 0 Å². The molecule has 0 spiro atoms. The third-order valence-corrected chi connectivity index (χ3v) is 6.35.